The lowest BCUT2D eigenvalue weighted by Crippen LogP contribution is -2.13. The van der Waals surface area contributed by atoms with Crippen molar-refractivity contribution in [3.05, 3.63) is 51.5 Å². The highest BCUT2D eigenvalue weighted by atomic mass is 127. The number of hydrogen-bond acceptors (Lipinski definition) is 4. The number of furan rings is 1. The molecule has 0 aliphatic heterocycles. The van der Waals surface area contributed by atoms with E-state index < -0.39 is 5.91 Å². The highest BCUT2D eigenvalue weighted by Gasteiger charge is 2.10. The van der Waals surface area contributed by atoms with Gasteiger partial charge in [0.1, 0.15) is 23.2 Å². The number of carbonyl (C=O) groups excluding carboxylic acids is 1. The number of benzene rings is 1. The van der Waals surface area contributed by atoms with Gasteiger partial charge in [-0.2, -0.15) is 5.26 Å². The zero-order valence-corrected chi connectivity index (χ0v) is 12.3. The molecule has 0 spiro atoms. The van der Waals surface area contributed by atoms with Gasteiger partial charge >= 0.3 is 0 Å². The van der Waals surface area contributed by atoms with Crippen LogP contribution in [0.5, 0.6) is 5.75 Å². The Bertz CT molecular complexity index is 696. The van der Waals surface area contributed by atoms with E-state index >= 15 is 0 Å². The number of amides is 1. The van der Waals surface area contributed by atoms with E-state index in [1.54, 1.807) is 12.1 Å². The average Bonchev–Trinajstić information content (AvgIpc) is 2.84. The first kappa shape index (κ1) is 14.1. The zero-order valence-electron chi connectivity index (χ0n) is 10.1. The van der Waals surface area contributed by atoms with Crippen molar-refractivity contribution in [2.45, 2.75) is 0 Å². The van der Waals surface area contributed by atoms with Crippen LogP contribution in [-0.2, 0) is 4.79 Å². The summed E-state index contributed by atoms with van der Waals surface area (Å²) in [6.07, 6.45) is 1.37. The number of rotatable bonds is 3. The largest absolute Gasteiger partial charge is 0.508 e. The van der Waals surface area contributed by atoms with Gasteiger partial charge in [-0.15, -0.1) is 0 Å². The highest BCUT2D eigenvalue weighted by molar-refractivity contribution is 14.1. The molecule has 2 aromatic rings. The Kier molecular flexibility index (Phi) is 4.42. The maximum atomic E-state index is 11.9. The Labute approximate surface area is 128 Å². The lowest BCUT2D eigenvalue weighted by atomic mass is 10.2. The Morgan fingerprint density at radius 1 is 1.30 bits per heavy atom. The molecule has 0 unspecified atom stereocenters. The molecule has 1 aromatic heterocycles. The van der Waals surface area contributed by atoms with Crippen LogP contribution in [0.3, 0.4) is 0 Å². The van der Waals surface area contributed by atoms with Crippen LogP contribution in [0, 0.1) is 15.1 Å². The van der Waals surface area contributed by atoms with Crippen LogP contribution in [0.4, 0.5) is 5.69 Å². The van der Waals surface area contributed by atoms with Crippen molar-refractivity contribution in [1.82, 2.24) is 0 Å². The fourth-order valence-electron chi connectivity index (χ4n) is 1.44. The van der Waals surface area contributed by atoms with E-state index in [0.29, 0.717) is 15.2 Å². The number of nitrogens with zero attached hydrogens (tertiary/aromatic N) is 1. The predicted octanol–water partition coefficient (Wildman–Crippen LogP) is 3.14. The summed E-state index contributed by atoms with van der Waals surface area (Å²) < 4.78 is 5.95. The number of halogens is 1. The average molecular weight is 380 g/mol. The van der Waals surface area contributed by atoms with E-state index in [2.05, 4.69) is 5.32 Å². The van der Waals surface area contributed by atoms with Crippen molar-refractivity contribution in [3.8, 4) is 11.8 Å². The summed E-state index contributed by atoms with van der Waals surface area (Å²) in [4.78, 5) is 11.9. The molecule has 1 amide bonds. The van der Waals surface area contributed by atoms with Crippen LogP contribution < -0.4 is 5.32 Å². The van der Waals surface area contributed by atoms with Crippen LogP contribution in [-0.4, -0.2) is 11.0 Å². The summed E-state index contributed by atoms with van der Waals surface area (Å²) in [5.74, 6) is 0.000567. The summed E-state index contributed by atoms with van der Waals surface area (Å²) in [5.41, 5.74) is 0.423. The molecule has 20 heavy (non-hydrogen) atoms. The van der Waals surface area contributed by atoms with Crippen LogP contribution in [0.2, 0.25) is 0 Å². The minimum atomic E-state index is -0.537. The quantitative estimate of drug-likeness (QED) is 0.371. The molecule has 0 fully saturated rings. The normalized spacial score (nSPS) is 10.9. The van der Waals surface area contributed by atoms with Crippen molar-refractivity contribution >= 4 is 40.3 Å². The fraction of sp³-hybridized carbons (Fsp3) is 0. The summed E-state index contributed by atoms with van der Waals surface area (Å²) in [5, 5.41) is 20.7. The van der Waals surface area contributed by atoms with Gasteiger partial charge in [0.2, 0.25) is 0 Å². The molecule has 0 bridgehead atoms. The van der Waals surface area contributed by atoms with Gasteiger partial charge < -0.3 is 14.8 Å². The Hall–Kier alpha value is -2.27. The smallest absolute Gasteiger partial charge is 0.266 e. The van der Waals surface area contributed by atoms with Gasteiger partial charge in [0.05, 0.1) is 0 Å². The van der Waals surface area contributed by atoms with Crippen molar-refractivity contribution in [2.24, 2.45) is 0 Å². The SMILES string of the molecule is N#C/C(=C\c1ccc(I)o1)C(=O)Nc1ccc(O)cc1. The van der Waals surface area contributed by atoms with Crippen molar-refractivity contribution in [2.75, 3.05) is 5.32 Å². The van der Waals surface area contributed by atoms with Gasteiger partial charge in [-0.3, -0.25) is 4.79 Å². The molecular formula is C14H9IN2O3. The first-order chi connectivity index (χ1) is 9.58. The molecule has 2 N–H and O–H groups in total. The monoisotopic (exact) mass is 380 g/mol. The number of nitrogens with one attached hydrogen (secondary N) is 1. The molecule has 0 radical (unpaired) electrons. The molecule has 0 aliphatic carbocycles. The Morgan fingerprint density at radius 2 is 2.00 bits per heavy atom. The van der Waals surface area contributed by atoms with Crippen molar-refractivity contribution < 1.29 is 14.3 Å². The molecule has 0 atom stereocenters. The van der Waals surface area contributed by atoms with E-state index in [-0.39, 0.29) is 11.3 Å². The van der Waals surface area contributed by atoms with Gasteiger partial charge in [0.15, 0.2) is 3.77 Å². The van der Waals surface area contributed by atoms with E-state index in [0.717, 1.165) is 0 Å². The summed E-state index contributed by atoms with van der Waals surface area (Å²) >= 11 is 2.00. The maximum absolute atomic E-state index is 11.9. The third-order valence-electron chi connectivity index (χ3n) is 2.37. The van der Waals surface area contributed by atoms with E-state index in [1.165, 1.54) is 30.3 Å². The third kappa shape index (κ3) is 3.61. The van der Waals surface area contributed by atoms with Gasteiger partial charge in [0.25, 0.3) is 5.91 Å². The summed E-state index contributed by atoms with van der Waals surface area (Å²) in [6, 6.07) is 11.2. The first-order valence-electron chi connectivity index (χ1n) is 5.56. The van der Waals surface area contributed by atoms with Crippen LogP contribution in [0.15, 0.2) is 46.4 Å². The third-order valence-corrected chi connectivity index (χ3v) is 2.95. The van der Waals surface area contributed by atoms with Gasteiger partial charge in [-0.05, 0) is 59.0 Å². The molecule has 6 heteroatoms. The highest BCUT2D eigenvalue weighted by Crippen LogP contribution is 2.16. The zero-order chi connectivity index (χ0) is 14.5. The second kappa shape index (κ2) is 6.25. The van der Waals surface area contributed by atoms with Crippen molar-refractivity contribution in [1.29, 1.82) is 5.26 Å². The molecule has 0 aliphatic rings. The van der Waals surface area contributed by atoms with E-state index in [9.17, 15) is 4.79 Å². The standard InChI is InChI=1S/C14H9IN2O3/c15-13-6-5-12(20-13)7-9(8-16)14(19)17-10-1-3-11(18)4-2-10/h1-7,18H,(H,17,19)/b9-7+. The van der Waals surface area contributed by atoms with E-state index in [4.69, 9.17) is 14.8 Å². The lowest BCUT2D eigenvalue weighted by Gasteiger charge is -2.03. The second-order valence-corrected chi connectivity index (χ2v) is 4.88. The number of carbonyl (C=O) groups is 1. The van der Waals surface area contributed by atoms with Crippen molar-refractivity contribution in [3.63, 3.8) is 0 Å². The molecule has 0 saturated carbocycles. The van der Waals surface area contributed by atoms with E-state index in [1.807, 2.05) is 28.7 Å². The van der Waals surface area contributed by atoms with Crippen LogP contribution >= 0.6 is 22.6 Å². The number of nitriles is 1. The van der Waals surface area contributed by atoms with Crippen LogP contribution in [0.1, 0.15) is 5.76 Å². The van der Waals surface area contributed by atoms with Gasteiger partial charge in [-0.25, -0.2) is 0 Å². The number of aromatic hydroxyl groups is 1. The molecule has 0 saturated heterocycles. The molecule has 100 valence electrons. The number of phenols is 1. The Morgan fingerprint density at radius 3 is 2.55 bits per heavy atom. The molecule has 5 nitrogen and oxygen atoms in total. The van der Waals surface area contributed by atoms with Gasteiger partial charge in [-0.1, -0.05) is 0 Å². The maximum Gasteiger partial charge on any atom is 0.266 e. The first-order valence-corrected chi connectivity index (χ1v) is 6.64. The molecule has 1 aromatic carbocycles. The summed E-state index contributed by atoms with van der Waals surface area (Å²) in [6.45, 7) is 0. The number of anilines is 1. The Balaban J connectivity index is 2.16. The second-order valence-electron chi connectivity index (χ2n) is 3.81. The summed E-state index contributed by atoms with van der Waals surface area (Å²) in [7, 11) is 0. The number of hydrogen-bond donors (Lipinski definition) is 2. The molecular weight excluding hydrogens is 371 g/mol. The number of phenolic OH excluding ortho intramolecular Hbond substituents is 1. The minimum absolute atomic E-state index is 0.0659. The molecule has 2 rings (SSSR count). The fourth-order valence-corrected chi connectivity index (χ4v) is 1.87. The lowest BCUT2D eigenvalue weighted by molar-refractivity contribution is -0.112. The predicted molar refractivity (Wildman–Crippen MR) is 81.8 cm³/mol. The van der Waals surface area contributed by atoms with Crippen LogP contribution in [0.25, 0.3) is 6.08 Å². The molecule has 1 heterocycles. The van der Waals surface area contributed by atoms with Gasteiger partial charge in [0, 0.05) is 11.8 Å². The topological polar surface area (TPSA) is 86.3 Å². The minimum Gasteiger partial charge on any atom is -0.508 e.